The molecule has 3 heteroatoms. The van der Waals surface area contributed by atoms with Crippen molar-refractivity contribution in [1.29, 1.82) is 0 Å². The smallest absolute Gasteiger partial charge is 0.0619 e. The zero-order chi connectivity index (χ0) is 16.3. The summed E-state index contributed by atoms with van der Waals surface area (Å²) >= 11 is 0. The lowest BCUT2D eigenvalue weighted by Crippen LogP contribution is -2.31. The highest BCUT2D eigenvalue weighted by atomic mass is 28.3. The van der Waals surface area contributed by atoms with E-state index in [2.05, 4.69) is 29.0 Å². The zero-order valence-electron chi connectivity index (χ0n) is 15.9. The minimum atomic E-state index is -0.699. The van der Waals surface area contributed by atoms with Gasteiger partial charge in [0.25, 0.3) is 0 Å². The van der Waals surface area contributed by atoms with E-state index in [1.807, 2.05) is 0 Å². The molecule has 0 saturated carbocycles. The van der Waals surface area contributed by atoms with Crippen LogP contribution in [0.5, 0.6) is 0 Å². The molecule has 0 amide bonds. The van der Waals surface area contributed by atoms with Crippen LogP contribution in [0.25, 0.3) is 0 Å². The summed E-state index contributed by atoms with van der Waals surface area (Å²) in [6, 6.07) is 1.46. The second-order valence-corrected chi connectivity index (χ2v) is 10.8. The summed E-state index contributed by atoms with van der Waals surface area (Å²) < 4.78 is 0. The third-order valence-electron chi connectivity index (χ3n) is 5.73. The van der Waals surface area contributed by atoms with Gasteiger partial charge in [-0.05, 0) is 58.3 Å². The van der Waals surface area contributed by atoms with Crippen molar-refractivity contribution < 1.29 is 0 Å². The summed E-state index contributed by atoms with van der Waals surface area (Å²) in [5, 5.41) is 0. The van der Waals surface area contributed by atoms with Crippen molar-refractivity contribution in [2.75, 3.05) is 32.7 Å². The fourth-order valence-electron chi connectivity index (χ4n) is 4.12. The SMILES string of the molecule is CC(=C[SiH](C)CCN1CCCCCCC1)N1CCCCCCC1. The molecular weight excluding hydrogens is 296 g/mol. The second-order valence-electron chi connectivity index (χ2n) is 7.94. The Morgan fingerprint density at radius 1 is 0.783 bits per heavy atom. The number of hydrogen-bond acceptors (Lipinski definition) is 2. The van der Waals surface area contributed by atoms with Gasteiger partial charge in [0.1, 0.15) is 0 Å². The molecule has 2 rings (SSSR count). The normalized spacial score (nSPS) is 24.4. The molecule has 0 aromatic rings. The monoisotopic (exact) mass is 336 g/mol. The first-order valence-corrected chi connectivity index (χ1v) is 13.1. The lowest BCUT2D eigenvalue weighted by atomic mass is 10.1. The Morgan fingerprint density at radius 3 is 1.83 bits per heavy atom. The van der Waals surface area contributed by atoms with Gasteiger partial charge in [-0.2, -0.15) is 0 Å². The first-order chi connectivity index (χ1) is 11.3. The molecule has 1 atom stereocenters. The molecule has 0 aromatic carbocycles. The molecule has 0 spiro atoms. The van der Waals surface area contributed by atoms with E-state index in [-0.39, 0.29) is 0 Å². The Labute approximate surface area is 146 Å². The van der Waals surface area contributed by atoms with Crippen LogP contribution in [0.3, 0.4) is 0 Å². The highest BCUT2D eigenvalue weighted by molar-refractivity contribution is 6.63. The quantitative estimate of drug-likeness (QED) is 0.664. The molecule has 23 heavy (non-hydrogen) atoms. The lowest BCUT2D eigenvalue weighted by Gasteiger charge is -2.29. The largest absolute Gasteiger partial charge is 0.376 e. The van der Waals surface area contributed by atoms with Crippen LogP contribution in [0, 0.1) is 0 Å². The van der Waals surface area contributed by atoms with E-state index in [1.54, 1.807) is 5.70 Å². The number of nitrogens with zero attached hydrogens (tertiary/aromatic N) is 2. The molecule has 0 radical (unpaired) electrons. The number of rotatable bonds is 5. The molecular formula is C20H40N2Si. The summed E-state index contributed by atoms with van der Waals surface area (Å²) in [6.07, 6.45) is 14.4. The van der Waals surface area contributed by atoms with Gasteiger partial charge in [0.15, 0.2) is 0 Å². The Hall–Kier alpha value is -0.283. The highest BCUT2D eigenvalue weighted by Crippen LogP contribution is 2.16. The molecule has 0 N–H and O–H groups in total. The molecule has 2 aliphatic rings. The van der Waals surface area contributed by atoms with E-state index < -0.39 is 8.80 Å². The van der Waals surface area contributed by atoms with Crippen molar-refractivity contribution in [3.63, 3.8) is 0 Å². The molecule has 2 heterocycles. The van der Waals surface area contributed by atoms with E-state index >= 15 is 0 Å². The predicted molar refractivity (Wildman–Crippen MR) is 106 cm³/mol. The Bertz CT molecular complexity index is 327. The third-order valence-corrected chi connectivity index (χ3v) is 7.95. The van der Waals surface area contributed by atoms with E-state index in [4.69, 9.17) is 0 Å². The molecule has 2 saturated heterocycles. The Balaban J connectivity index is 1.73. The second kappa shape index (κ2) is 11.3. The van der Waals surface area contributed by atoms with Gasteiger partial charge in [-0.15, -0.1) is 0 Å². The summed E-state index contributed by atoms with van der Waals surface area (Å²) in [6.45, 7) is 11.6. The summed E-state index contributed by atoms with van der Waals surface area (Å²) in [7, 11) is -0.699. The van der Waals surface area contributed by atoms with Gasteiger partial charge in [0.2, 0.25) is 0 Å². The van der Waals surface area contributed by atoms with Crippen LogP contribution in [0.4, 0.5) is 0 Å². The lowest BCUT2D eigenvalue weighted by molar-refractivity contribution is 0.259. The number of likely N-dealkylation sites (tertiary alicyclic amines) is 2. The van der Waals surface area contributed by atoms with Crippen LogP contribution in [0.1, 0.15) is 71.1 Å². The van der Waals surface area contributed by atoms with Crippen LogP contribution in [-0.2, 0) is 0 Å². The maximum absolute atomic E-state index is 2.75. The number of hydrogen-bond donors (Lipinski definition) is 0. The van der Waals surface area contributed by atoms with E-state index in [1.165, 1.54) is 103 Å². The van der Waals surface area contributed by atoms with E-state index in [9.17, 15) is 0 Å². The van der Waals surface area contributed by atoms with Crippen molar-refractivity contribution in [3.8, 4) is 0 Å². The molecule has 0 bridgehead atoms. The van der Waals surface area contributed by atoms with Crippen LogP contribution in [0.2, 0.25) is 12.6 Å². The average Bonchev–Trinajstić information content (AvgIpc) is 2.45. The molecule has 134 valence electrons. The van der Waals surface area contributed by atoms with Crippen molar-refractivity contribution in [2.24, 2.45) is 0 Å². The Kier molecular flexibility index (Phi) is 9.36. The maximum atomic E-state index is 2.75. The average molecular weight is 337 g/mol. The highest BCUT2D eigenvalue weighted by Gasteiger charge is 2.12. The van der Waals surface area contributed by atoms with Crippen LogP contribution >= 0.6 is 0 Å². The Morgan fingerprint density at radius 2 is 1.26 bits per heavy atom. The minimum absolute atomic E-state index is 0.699. The molecule has 2 fully saturated rings. The van der Waals surface area contributed by atoms with Gasteiger partial charge < -0.3 is 9.80 Å². The van der Waals surface area contributed by atoms with Crippen LogP contribution < -0.4 is 0 Å². The van der Waals surface area contributed by atoms with Crippen molar-refractivity contribution in [3.05, 3.63) is 11.4 Å². The van der Waals surface area contributed by atoms with Crippen LogP contribution in [-0.4, -0.2) is 51.3 Å². The standard InChI is InChI=1S/C20H40N2Si/c1-20(22-15-11-7-4-8-12-16-22)19-23(2)18-17-21-13-9-5-3-6-10-14-21/h19,23H,3-18H2,1-2H3. The van der Waals surface area contributed by atoms with Gasteiger partial charge in [0.05, 0.1) is 8.80 Å². The zero-order valence-corrected chi connectivity index (χ0v) is 17.0. The minimum Gasteiger partial charge on any atom is -0.376 e. The van der Waals surface area contributed by atoms with Crippen molar-refractivity contribution >= 4 is 8.80 Å². The van der Waals surface area contributed by atoms with Crippen molar-refractivity contribution in [2.45, 2.75) is 83.7 Å². The molecule has 0 aromatic heterocycles. The predicted octanol–water partition coefficient (Wildman–Crippen LogP) is 4.82. The van der Waals surface area contributed by atoms with Gasteiger partial charge in [0, 0.05) is 18.8 Å². The summed E-state index contributed by atoms with van der Waals surface area (Å²) in [5.74, 6) is 0. The van der Waals surface area contributed by atoms with Gasteiger partial charge in [-0.1, -0.05) is 50.8 Å². The number of allylic oxidation sites excluding steroid dienone is 1. The first kappa shape index (κ1) is 19.0. The van der Waals surface area contributed by atoms with Gasteiger partial charge in [-0.25, -0.2) is 0 Å². The third kappa shape index (κ3) is 7.89. The van der Waals surface area contributed by atoms with Crippen molar-refractivity contribution in [1.82, 2.24) is 9.80 Å². The van der Waals surface area contributed by atoms with E-state index in [0.717, 1.165) is 0 Å². The fraction of sp³-hybridized carbons (Fsp3) is 0.900. The van der Waals surface area contributed by atoms with Gasteiger partial charge in [-0.3, -0.25) is 0 Å². The molecule has 2 nitrogen and oxygen atoms in total. The topological polar surface area (TPSA) is 6.48 Å². The molecule has 1 unspecified atom stereocenters. The summed E-state index contributed by atoms with van der Waals surface area (Å²) in [4.78, 5) is 5.43. The van der Waals surface area contributed by atoms with E-state index in [0.29, 0.717) is 0 Å². The van der Waals surface area contributed by atoms with Crippen LogP contribution in [0.15, 0.2) is 11.4 Å². The first-order valence-electron chi connectivity index (χ1n) is 10.4. The summed E-state index contributed by atoms with van der Waals surface area (Å²) in [5.41, 5.74) is 4.28. The maximum Gasteiger partial charge on any atom is 0.0619 e. The molecule has 2 aliphatic heterocycles. The molecule has 0 aliphatic carbocycles. The van der Waals surface area contributed by atoms with Gasteiger partial charge >= 0.3 is 0 Å². The fourth-order valence-corrected chi connectivity index (χ4v) is 6.10.